The third-order valence-electron chi connectivity index (χ3n) is 3.90. The minimum absolute atomic E-state index is 0.860. The Hall–Kier alpha value is -3.62. The molecule has 0 aliphatic rings. The molecule has 0 saturated carbocycles. The van der Waals surface area contributed by atoms with Gasteiger partial charge in [0.15, 0.2) is 0 Å². The van der Waals surface area contributed by atoms with Gasteiger partial charge in [0.1, 0.15) is 5.65 Å². The molecule has 0 fully saturated rings. The van der Waals surface area contributed by atoms with E-state index in [1.54, 1.807) is 0 Å². The van der Waals surface area contributed by atoms with Crippen LogP contribution in [0.4, 0.5) is 26.3 Å². The third-order valence-corrected chi connectivity index (χ3v) is 3.90. The molecule has 3 aromatic heterocycles. The maximum absolute atomic E-state index is 10.6. The number of carboxylic acids is 2. The number of halogens is 6. The van der Waals surface area contributed by atoms with Crippen molar-refractivity contribution in [3.63, 3.8) is 0 Å². The first-order valence-corrected chi connectivity index (χ1v) is 9.30. The van der Waals surface area contributed by atoms with Crippen LogP contribution in [0.15, 0.2) is 36.9 Å². The van der Waals surface area contributed by atoms with Crippen LogP contribution < -0.4 is 0 Å². The Labute approximate surface area is 188 Å². The number of imidazole rings is 1. The average Bonchev–Trinajstić information content (AvgIpc) is 3.34. The molecule has 3 rings (SSSR count). The molecule has 0 aromatic carbocycles. The number of hydrogen-bond donors (Lipinski definition) is 3. The first-order chi connectivity index (χ1) is 15.6. The van der Waals surface area contributed by atoms with Gasteiger partial charge in [-0.25, -0.2) is 14.6 Å². The third kappa shape index (κ3) is 10.3. The molecular weight excluding hydrogens is 476 g/mol. The van der Waals surface area contributed by atoms with Gasteiger partial charge in [0.2, 0.25) is 0 Å². The SMILES string of the molecule is Cc1ccc2nc(CN(C)CCc3cn[nH]c3)cn2c1.O=C(O)C(F)(F)F.O=C(O)C(F)(F)F. The molecule has 0 spiro atoms. The minimum Gasteiger partial charge on any atom is -0.475 e. The van der Waals surface area contributed by atoms with Crippen molar-refractivity contribution < 1.29 is 46.1 Å². The van der Waals surface area contributed by atoms with E-state index in [-0.39, 0.29) is 0 Å². The molecule has 188 valence electrons. The van der Waals surface area contributed by atoms with Gasteiger partial charge in [0.05, 0.1) is 11.9 Å². The van der Waals surface area contributed by atoms with E-state index < -0.39 is 24.3 Å². The van der Waals surface area contributed by atoms with Crippen molar-refractivity contribution in [3.05, 3.63) is 53.7 Å². The summed E-state index contributed by atoms with van der Waals surface area (Å²) in [6, 6.07) is 4.15. The molecule has 3 N–H and O–H groups in total. The van der Waals surface area contributed by atoms with Gasteiger partial charge in [0, 0.05) is 31.7 Å². The fourth-order valence-electron chi connectivity index (χ4n) is 2.32. The molecule has 0 bridgehead atoms. The van der Waals surface area contributed by atoms with Crippen LogP contribution in [0.1, 0.15) is 16.8 Å². The van der Waals surface area contributed by atoms with Gasteiger partial charge in [-0.15, -0.1) is 0 Å². The smallest absolute Gasteiger partial charge is 0.475 e. The number of aryl methyl sites for hydroxylation is 1. The highest BCUT2D eigenvalue weighted by atomic mass is 19.4. The van der Waals surface area contributed by atoms with E-state index in [4.69, 9.17) is 19.8 Å². The van der Waals surface area contributed by atoms with Gasteiger partial charge in [-0.2, -0.15) is 31.4 Å². The fourth-order valence-corrected chi connectivity index (χ4v) is 2.32. The lowest BCUT2D eigenvalue weighted by Gasteiger charge is -2.14. The fraction of sp³-hybridized carbons (Fsp3) is 0.368. The Kier molecular flexibility index (Phi) is 10.0. The van der Waals surface area contributed by atoms with E-state index in [0.29, 0.717) is 0 Å². The number of likely N-dealkylation sites (N-methyl/N-ethyl adjacent to an activating group) is 1. The van der Waals surface area contributed by atoms with E-state index in [9.17, 15) is 26.3 Å². The Balaban J connectivity index is 0.000000343. The normalized spacial score (nSPS) is 11.4. The van der Waals surface area contributed by atoms with Crippen LogP contribution in [-0.4, -0.2) is 72.6 Å². The van der Waals surface area contributed by atoms with Crippen LogP contribution in [0.2, 0.25) is 0 Å². The van der Waals surface area contributed by atoms with Crippen molar-refractivity contribution in [1.29, 1.82) is 0 Å². The molecule has 34 heavy (non-hydrogen) atoms. The number of H-pyrrole nitrogens is 1. The molecule has 0 saturated heterocycles. The zero-order chi connectivity index (χ0) is 26.1. The van der Waals surface area contributed by atoms with Crippen LogP contribution in [0.5, 0.6) is 0 Å². The highest BCUT2D eigenvalue weighted by Crippen LogP contribution is 2.14. The van der Waals surface area contributed by atoms with E-state index >= 15 is 0 Å². The second kappa shape index (κ2) is 12.0. The first-order valence-electron chi connectivity index (χ1n) is 9.30. The molecule has 3 aromatic rings. The zero-order valence-corrected chi connectivity index (χ0v) is 17.9. The average molecular weight is 497 g/mol. The monoisotopic (exact) mass is 497 g/mol. The number of aromatic amines is 1. The Morgan fingerprint density at radius 2 is 1.62 bits per heavy atom. The number of hydrogen-bond acceptors (Lipinski definition) is 5. The lowest BCUT2D eigenvalue weighted by molar-refractivity contribution is -0.193. The number of aromatic nitrogens is 4. The summed E-state index contributed by atoms with van der Waals surface area (Å²) in [7, 11) is 2.12. The number of nitrogens with one attached hydrogen (secondary N) is 1. The first kappa shape index (κ1) is 28.4. The number of rotatable bonds is 5. The quantitative estimate of drug-likeness (QED) is 0.462. The van der Waals surface area contributed by atoms with Crippen LogP contribution >= 0.6 is 0 Å². The summed E-state index contributed by atoms with van der Waals surface area (Å²) in [5, 5.41) is 21.1. The predicted molar refractivity (Wildman–Crippen MR) is 106 cm³/mol. The standard InChI is InChI=1S/C15H19N5.2C2HF3O2/c1-12-3-4-15-18-14(11-20(15)9-12)10-19(2)6-5-13-7-16-17-8-13;2*3-2(4,5)1(6)7/h3-4,7-9,11H,5-6,10H2,1-2H3,(H,16,17);2*(H,6,7). The summed E-state index contributed by atoms with van der Waals surface area (Å²) < 4.78 is 65.6. The largest absolute Gasteiger partial charge is 0.490 e. The zero-order valence-electron chi connectivity index (χ0n) is 17.9. The summed E-state index contributed by atoms with van der Waals surface area (Å²) in [5.74, 6) is -5.51. The lowest BCUT2D eigenvalue weighted by Crippen LogP contribution is -2.21. The van der Waals surface area contributed by atoms with Crippen molar-refractivity contribution >= 4 is 17.6 Å². The molecule has 0 aliphatic carbocycles. The molecule has 0 amide bonds. The lowest BCUT2D eigenvalue weighted by atomic mass is 10.2. The Morgan fingerprint density at radius 1 is 1.06 bits per heavy atom. The number of fused-ring (bicyclic) bond motifs is 1. The van der Waals surface area contributed by atoms with E-state index in [0.717, 1.165) is 30.9 Å². The molecule has 9 nitrogen and oxygen atoms in total. The van der Waals surface area contributed by atoms with Crippen molar-refractivity contribution in [2.45, 2.75) is 32.2 Å². The van der Waals surface area contributed by atoms with Crippen LogP contribution in [0, 0.1) is 6.92 Å². The second-order valence-corrected chi connectivity index (χ2v) is 6.90. The minimum atomic E-state index is -5.08. The molecule has 0 unspecified atom stereocenters. The maximum Gasteiger partial charge on any atom is 0.490 e. The van der Waals surface area contributed by atoms with Crippen LogP contribution in [-0.2, 0) is 22.6 Å². The molecular formula is C19H21F6N5O4. The van der Waals surface area contributed by atoms with Gasteiger partial charge < -0.3 is 19.5 Å². The van der Waals surface area contributed by atoms with Crippen LogP contribution in [0.3, 0.4) is 0 Å². The van der Waals surface area contributed by atoms with Gasteiger partial charge in [-0.1, -0.05) is 6.07 Å². The van der Waals surface area contributed by atoms with Gasteiger partial charge >= 0.3 is 24.3 Å². The van der Waals surface area contributed by atoms with E-state index in [1.165, 1.54) is 11.1 Å². The van der Waals surface area contributed by atoms with Crippen molar-refractivity contribution in [1.82, 2.24) is 24.5 Å². The van der Waals surface area contributed by atoms with E-state index in [2.05, 4.69) is 63.0 Å². The van der Waals surface area contributed by atoms with Crippen molar-refractivity contribution in [3.8, 4) is 0 Å². The van der Waals surface area contributed by atoms with Crippen molar-refractivity contribution in [2.24, 2.45) is 0 Å². The van der Waals surface area contributed by atoms with Gasteiger partial charge in [-0.3, -0.25) is 5.10 Å². The highest BCUT2D eigenvalue weighted by Gasteiger charge is 2.38. The second-order valence-electron chi connectivity index (χ2n) is 6.90. The number of alkyl halides is 6. The molecule has 0 radical (unpaired) electrons. The number of pyridine rings is 1. The number of aliphatic carboxylic acids is 2. The summed E-state index contributed by atoms with van der Waals surface area (Å²) in [4.78, 5) is 24.7. The highest BCUT2D eigenvalue weighted by molar-refractivity contribution is 5.73. The Bertz CT molecular complexity index is 1040. The molecule has 15 heteroatoms. The maximum atomic E-state index is 10.6. The van der Waals surface area contributed by atoms with Gasteiger partial charge in [-0.05, 0) is 37.6 Å². The van der Waals surface area contributed by atoms with Gasteiger partial charge in [0.25, 0.3) is 0 Å². The molecule has 0 atom stereocenters. The van der Waals surface area contributed by atoms with E-state index in [1.807, 2.05) is 12.4 Å². The number of carboxylic acid groups (broad SMARTS) is 2. The molecule has 0 aliphatic heterocycles. The number of carbonyl (C=O) groups is 2. The summed E-state index contributed by atoms with van der Waals surface area (Å²) in [5.41, 5.74) is 4.59. The summed E-state index contributed by atoms with van der Waals surface area (Å²) >= 11 is 0. The van der Waals surface area contributed by atoms with Crippen LogP contribution in [0.25, 0.3) is 5.65 Å². The van der Waals surface area contributed by atoms with Crippen molar-refractivity contribution in [2.75, 3.05) is 13.6 Å². The summed E-state index contributed by atoms with van der Waals surface area (Å²) in [6.45, 7) is 3.95. The molecule has 3 heterocycles. The summed E-state index contributed by atoms with van der Waals surface area (Å²) in [6.07, 6.45) is -1.13. The Morgan fingerprint density at radius 3 is 2.09 bits per heavy atom. The number of nitrogens with zero attached hydrogens (tertiary/aromatic N) is 4. The predicted octanol–water partition coefficient (Wildman–Crippen LogP) is 3.31. The topological polar surface area (TPSA) is 124 Å².